The number of rotatable bonds is 5. The van der Waals surface area contributed by atoms with Gasteiger partial charge in [0.25, 0.3) is 0 Å². The SMILES string of the molecule is Clc1ccc(CON=C2CCCc3c2cc(-c2ccc(Cl)cc2)n3-c2ccccc2)cc1. The molecule has 0 amide bonds. The fourth-order valence-electron chi connectivity index (χ4n) is 4.17. The molecule has 0 radical (unpaired) electrons. The standard InChI is InChI=1S/C27H22Cl2N2O/c28-21-13-9-19(10-14-21)18-32-30-25-7-4-8-26-24(25)17-27(20-11-15-22(29)16-12-20)31(26)23-5-2-1-3-6-23/h1-3,5-6,9-17H,4,7-8,18H2. The van der Waals surface area contributed by atoms with Gasteiger partial charge in [-0.15, -0.1) is 0 Å². The Morgan fingerprint density at radius 3 is 2.22 bits per heavy atom. The van der Waals surface area contributed by atoms with Crippen molar-refractivity contribution < 1.29 is 4.84 Å². The molecular formula is C27H22Cl2N2O. The second-order valence-electron chi connectivity index (χ2n) is 7.86. The number of para-hydroxylation sites is 1. The molecule has 0 spiro atoms. The highest BCUT2D eigenvalue weighted by atomic mass is 35.5. The summed E-state index contributed by atoms with van der Waals surface area (Å²) >= 11 is 12.1. The van der Waals surface area contributed by atoms with Crippen molar-refractivity contribution in [2.75, 3.05) is 0 Å². The zero-order valence-corrected chi connectivity index (χ0v) is 19.0. The Morgan fingerprint density at radius 2 is 1.50 bits per heavy atom. The zero-order chi connectivity index (χ0) is 21.9. The van der Waals surface area contributed by atoms with Gasteiger partial charge in [0, 0.05) is 27.0 Å². The highest BCUT2D eigenvalue weighted by molar-refractivity contribution is 6.30. The van der Waals surface area contributed by atoms with Gasteiger partial charge in [0.1, 0.15) is 6.61 Å². The number of hydrogen-bond donors (Lipinski definition) is 0. The molecule has 3 nitrogen and oxygen atoms in total. The minimum absolute atomic E-state index is 0.416. The smallest absolute Gasteiger partial charge is 0.142 e. The van der Waals surface area contributed by atoms with Crippen molar-refractivity contribution in [3.8, 4) is 16.9 Å². The molecule has 0 N–H and O–H groups in total. The predicted octanol–water partition coefficient (Wildman–Crippen LogP) is 7.71. The van der Waals surface area contributed by atoms with Crippen LogP contribution >= 0.6 is 23.2 Å². The van der Waals surface area contributed by atoms with Crippen molar-refractivity contribution in [2.45, 2.75) is 25.9 Å². The number of oxime groups is 1. The van der Waals surface area contributed by atoms with E-state index >= 15 is 0 Å². The van der Waals surface area contributed by atoms with E-state index in [0.29, 0.717) is 11.6 Å². The Labute approximate surface area is 197 Å². The van der Waals surface area contributed by atoms with Crippen molar-refractivity contribution in [3.05, 3.63) is 112 Å². The molecule has 5 heteroatoms. The quantitative estimate of drug-likeness (QED) is 0.280. The van der Waals surface area contributed by atoms with Crippen LogP contribution in [0.25, 0.3) is 16.9 Å². The van der Waals surface area contributed by atoms with Gasteiger partial charge in [0.15, 0.2) is 0 Å². The van der Waals surface area contributed by atoms with Crippen LogP contribution in [0.15, 0.2) is 90.1 Å². The van der Waals surface area contributed by atoms with Gasteiger partial charge in [0.2, 0.25) is 0 Å². The first-order valence-corrected chi connectivity index (χ1v) is 11.4. The van der Waals surface area contributed by atoms with Gasteiger partial charge in [-0.2, -0.15) is 0 Å². The van der Waals surface area contributed by atoms with Crippen LogP contribution in [-0.2, 0) is 17.9 Å². The van der Waals surface area contributed by atoms with Crippen LogP contribution in [0, 0.1) is 0 Å². The van der Waals surface area contributed by atoms with Gasteiger partial charge >= 0.3 is 0 Å². The molecule has 1 aromatic heterocycles. The van der Waals surface area contributed by atoms with E-state index in [1.807, 2.05) is 42.5 Å². The van der Waals surface area contributed by atoms with E-state index in [4.69, 9.17) is 28.0 Å². The fraction of sp³-hybridized carbons (Fsp3) is 0.148. The lowest BCUT2D eigenvalue weighted by Crippen LogP contribution is -2.14. The van der Waals surface area contributed by atoms with Crippen molar-refractivity contribution in [3.63, 3.8) is 0 Å². The maximum absolute atomic E-state index is 6.15. The topological polar surface area (TPSA) is 26.5 Å². The predicted molar refractivity (Wildman–Crippen MR) is 132 cm³/mol. The Morgan fingerprint density at radius 1 is 0.812 bits per heavy atom. The molecule has 1 aliphatic rings. The number of nitrogens with zero attached hydrogens (tertiary/aromatic N) is 2. The van der Waals surface area contributed by atoms with Crippen LogP contribution < -0.4 is 0 Å². The first-order chi connectivity index (χ1) is 15.7. The van der Waals surface area contributed by atoms with E-state index < -0.39 is 0 Å². The zero-order valence-electron chi connectivity index (χ0n) is 17.5. The monoisotopic (exact) mass is 460 g/mol. The lowest BCUT2D eigenvalue weighted by molar-refractivity contribution is 0.130. The molecule has 32 heavy (non-hydrogen) atoms. The Bertz CT molecular complexity index is 1240. The summed E-state index contributed by atoms with van der Waals surface area (Å²) in [5.74, 6) is 0. The van der Waals surface area contributed by atoms with Crippen LogP contribution in [0.1, 0.15) is 29.7 Å². The minimum Gasteiger partial charge on any atom is -0.391 e. The molecule has 0 aliphatic heterocycles. The second kappa shape index (κ2) is 9.23. The molecular weight excluding hydrogens is 439 g/mol. The molecule has 1 heterocycles. The first kappa shape index (κ1) is 20.9. The summed E-state index contributed by atoms with van der Waals surface area (Å²) in [4.78, 5) is 5.75. The molecule has 1 aliphatic carbocycles. The summed E-state index contributed by atoms with van der Waals surface area (Å²) in [7, 11) is 0. The van der Waals surface area contributed by atoms with Crippen LogP contribution in [0.4, 0.5) is 0 Å². The molecule has 0 saturated heterocycles. The number of fused-ring (bicyclic) bond motifs is 1. The van der Waals surface area contributed by atoms with Crippen LogP contribution in [-0.4, -0.2) is 10.3 Å². The van der Waals surface area contributed by atoms with Crippen molar-refractivity contribution in [1.29, 1.82) is 0 Å². The number of hydrogen-bond acceptors (Lipinski definition) is 2. The maximum atomic E-state index is 6.15. The van der Waals surface area contributed by atoms with Crippen LogP contribution in [0.2, 0.25) is 10.0 Å². The van der Waals surface area contributed by atoms with Gasteiger partial charge in [-0.05, 0) is 72.9 Å². The largest absolute Gasteiger partial charge is 0.391 e. The average molecular weight is 461 g/mol. The normalized spacial score (nSPS) is 14.4. The molecule has 0 bridgehead atoms. The summed E-state index contributed by atoms with van der Waals surface area (Å²) < 4.78 is 2.34. The average Bonchev–Trinajstić information content (AvgIpc) is 3.22. The summed E-state index contributed by atoms with van der Waals surface area (Å²) in [6.07, 6.45) is 2.92. The summed E-state index contributed by atoms with van der Waals surface area (Å²) in [6, 6.07) is 28.3. The third-order valence-electron chi connectivity index (χ3n) is 5.71. The first-order valence-electron chi connectivity index (χ1n) is 10.7. The Hall–Kier alpha value is -3.01. The molecule has 0 fully saturated rings. The Balaban J connectivity index is 1.53. The van der Waals surface area contributed by atoms with E-state index in [9.17, 15) is 0 Å². The number of benzene rings is 3. The van der Waals surface area contributed by atoms with Gasteiger partial charge < -0.3 is 9.40 Å². The lowest BCUT2D eigenvalue weighted by atomic mass is 9.95. The molecule has 4 aromatic rings. The van der Waals surface area contributed by atoms with Crippen molar-refractivity contribution >= 4 is 28.9 Å². The highest BCUT2D eigenvalue weighted by Gasteiger charge is 2.24. The third kappa shape index (κ3) is 4.32. The molecule has 5 rings (SSSR count). The molecule has 160 valence electrons. The molecule has 0 unspecified atom stereocenters. The van der Waals surface area contributed by atoms with Crippen LogP contribution in [0.3, 0.4) is 0 Å². The lowest BCUT2D eigenvalue weighted by Gasteiger charge is -2.18. The minimum atomic E-state index is 0.416. The van der Waals surface area contributed by atoms with E-state index in [2.05, 4.69) is 52.2 Å². The summed E-state index contributed by atoms with van der Waals surface area (Å²) in [5.41, 5.74) is 7.84. The van der Waals surface area contributed by atoms with Crippen molar-refractivity contribution in [2.24, 2.45) is 5.16 Å². The van der Waals surface area contributed by atoms with Crippen molar-refractivity contribution in [1.82, 2.24) is 4.57 Å². The van der Waals surface area contributed by atoms with E-state index in [-0.39, 0.29) is 0 Å². The van der Waals surface area contributed by atoms with Gasteiger partial charge in [-0.25, -0.2) is 0 Å². The van der Waals surface area contributed by atoms with Gasteiger partial charge in [0.05, 0.1) is 11.4 Å². The highest BCUT2D eigenvalue weighted by Crippen LogP contribution is 2.34. The summed E-state index contributed by atoms with van der Waals surface area (Å²) in [5, 5.41) is 5.99. The van der Waals surface area contributed by atoms with E-state index in [0.717, 1.165) is 58.1 Å². The second-order valence-corrected chi connectivity index (χ2v) is 8.73. The van der Waals surface area contributed by atoms with Gasteiger partial charge in [-0.3, -0.25) is 0 Å². The molecule has 0 atom stereocenters. The van der Waals surface area contributed by atoms with Crippen LogP contribution in [0.5, 0.6) is 0 Å². The Kier molecular flexibility index (Phi) is 6.02. The number of aromatic nitrogens is 1. The summed E-state index contributed by atoms with van der Waals surface area (Å²) in [6.45, 7) is 0.416. The molecule has 0 saturated carbocycles. The number of halogens is 2. The van der Waals surface area contributed by atoms with Gasteiger partial charge in [-0.1, -0.05) is 70.8 Å². The van der Waals surface area contributed by atoms with E-state index in [1.54, 1.807) is 0 Å². The maximum Gasteiger partial charge on any atom is 0.142 e. The van der Waals surface area contributed by atoms with E-state index in [1.165, 1.54) is 5.69 Å². The molecule has 3 aromatic carbocycles. The third-order valence-corrected chi connectivity index (χ3v) is 6.22. The fourth-order valence-corrected chi connectivity index (χ4v) is 4.42.